The van der Waals surface area contributed by atoms with Crippen molar-refractivity contribution in [3.05, 3.63) is 19.6 Å². The molecule has 0 aliphatic rings. The van der Waals surface area contributed by atoms with Crippen molar-refractivity contribution >= 4 is 0 Å². The maximum Gasteiger partial charge on any atom is 0.0548 e. The van der Waals surface area contributed by atoms with Gasteiger partial charge in [-0.05, 0) is 19.8 Å². The van der Waals surface area contributed by atoms with E-state index in [9.17, 15) is 0 Å². The number of hydrogen-bond donors (Lipinski definition) is 0. The van der Waals surface area contributed by atoms with Gasteiger partial charge < -0.3 is 4.74 Å². The number of ether oxygens (including phenoxy) is 1. The van der Waals surface area contributed by atoms with Gasteiger partial charge in [0.2, 0.25) is 0 Å². The first-order valence-electron chi connectivity index (χ1n) is 3.24. The van der Waals surface area contributed by atoms with E-state index >= 15 is 0 Å². The third kappa shape index (κ3) is 5.57. The van der Waals surface area contributed by atoms with Crippen LogP contribution in [0.2, 0.25) is 0 Å². The molecule has 0 aliphatic heterocycles. The van der Waals surface area contributed by atoms with E-state index < -0.39 is 0 Å². The van der Waals surface area contributed by atoms with Gasteiger partial charge in [-0.3, -0.25) is 0 Å². The Kier molecular flexibility index (Phi) is 4.41. The monoisotopic (exact) mass is 127 g/mol. The van der Waals surface area contributed by atoms with E-state index in [1.807, 2.05) is 13.0 Å². The first-order chi connectivity index (χ1) is 4.16. The van der Waals surface area contributed by atoms with Gasteiger partial charge in [-0.25, -0.2) is 0 Å². The van der Waals surface area contributed by atoms with Crippen LogP contribution in [0.4, 0.5) is 0 Å². The summed E-state index contributed by atoms with van der Waals surface area (Å²) >= 11 is 0. The third-order valence-electron chi connectivity index (χ3n) is 1.05. The van der Waals surface area contributed by atoms with E-state index in [4.69, 9.17) is 4.74 Å². The van der Waals surface area contributed by atoms with Crippen molar-refractivity contribution in [3.63, 3.8) is 0 Å². The van der Waals surface area contributed by atoms with Crippen LogP contribution >= 0.6 is 0 Å². The molecule has 0 rings (SSSR count). The smallest absolute Gasteiger partial charge is 0.0548 e. The Balaban J connectivity index is 3.16. The van der Waals surface area contributed by atoms with Crippen LogP contribution in [-0.2, 0) is 4.74 Å². The predicted molar refractivity (Wildman–Crippen MR) is 40.1 cm³/mol. The zero-order chi connectivity index (χ0) is 7.28. The molecule has 53 valence electrons. The van der Waals surface area contributed by atoms with Crippen molar-refractivity contribution in [3.8, 4) is 0 Å². The summed E-state index contributed by atoms with van der Waals surface area (Å²) in [5.74, 6) is 0.439. The van der Waals surface area contributed by atoms with Gasteiger partial charge in [0, 0.05) is 0 Å². The quantitative estimate of drug-likeness (QED) is 0.525. The molecule has 0 aromatic rings. The van der Waals surface area contributed by atoms with Gasteiger partial charge in [0.15, 0.2) is 0 Å². The molecule has 1 heteroatoms. The van der Waals surface area contributed by atoms with E-state index in [0.717, 1.165) is 6.61 Å². The SMILES string of the molecule is [CH2]C(C)OCC(C)C=C. The number of hydrogen-bond acceptors (Lipinski definition) is 1. The molecule has 2 unspecified atom stereocenters. The minimum Gasteiger partial charge on any atom is -0.378 e. The minimum atomic E-state index is 0.0902. The van der Waals surface area contributed by atoms with Gasteiger partial charge in [-0.1, -0.05) is 13.0 Å². The lowest BCUT2D eigenvalue weighted by Gasteiger charge is -2.09. The van der Waals surface area contributed by atoms with E-state index in [1.165, 1.54) is 0 Å². The Hall–Kier alpha value is -0.300. The normalized spacial score (nSPS) is 13.8. The van der Waals surface area contributed by atoms with Crippen LogP contribution < -0.4 is 0 Å². The van der Waals surface area contributed by atoms with Crippen LogP contribution in [0, 0.1) is 12.8 Å². The molecular weight excluding hydrogens is 112 g/mol. The maximum atomic E-state index is 5.21. The fourth-order valence-corrected chi connectivity index (χ4v) is 0.384. The molecule has 2 atom stereocenters. The average molecular weight is 127 g/mol. The van der Waals surface area contributed by atoms with E-state index in [2.05, 4.69) is 20.4 Å². The Labute approximate surface area is 57.7 Å². The van der Waals surface area contributed by atoms with Crippen LogP contribution in [0.25, 0.3) is 0 Å². The standard InChI is InChI=1S/C8H15O/c1-5-8(4)6-9-7(2)3/h5,7-8H,1-2,6H2,3-4H3. The highest BCUT2D eigenvalue weighted by atomic mass is 16.5. The molecular formula is C8H15O. The summed E-state index contributed by atoms with van der Waals surface area (Å²) in [6.45, 7) is 12.0. The van der Waals surface area contributed by atoms with Crippen molar-refractivity contribution in [2.75, 3.05) is 6.61 Å². The van der Waals surface area contributed by atoms with Crippen LogP contribution in [0.5, 0.6) is 0 Å². The van der Waals surface area contributed by atoms with E-state index in [1.54, 1.807) is 0 Å². The van der Waals surface area contributed by atoms with Crippen LogP contribution in [0.15, 0.2) is 12.7 Å². The van der Waals surface area contributed by atoms with Crippen LogP contribution in [0.1, 0.15) is 13.8 Å². The highest BCUT2D eigenvalue weighted by Crippen LogP contribution is 1.98. The second kappa shape index (κ2) is 4.57. The first kappa shape index (κ1) is 8.70. The fourth-order valence-electron chi connectivity index (χ4n) is 0.384. The lowest BCUT2D eigenvalue weighted by molar-refractivity contribution is 0.0806. The fraction of sp³-hybridized carbons (Fsp3) is 0.625. The topological polar surface area (TPSA) is 9.23 Å². The molecule has 0 bridgehead atoms. The highest BCUT2D eigenvalue weighted by molar-refractivity contribution is 4.74. The van der Waals surface area contributed by atoms with E-state index in [-0.39, 0.29) is 6.10 Å². The van der Waals surface area contributed by atoms with Gasteiger partial charge in [-0.15, -0.1) is 6.58 Å². The summed E-state index contributed by atoms with van der Waals surface area (Å²) in [6.07, 6.45) is 1.97. The van der Waals surface area contributed by atoms with Gasteiger partial charge in [0.25, 0.3) is 0 Å². The molecule has 0 aliphatic carbocycles. The predicted octanol–water partition coefficient (Wildman–Crippen LogP) is 2.05. The zero-order valence-corrected chi connectivity index (χ0v) is 6.26. The van der Waals surface area contributed by atoms with Crippen LogP contribution in [0.3, 0.4) is 0 Å². The summed E-state index contributed by atoms with van der Waals surface area (Å²) in [5.41, 5.74) is 0. The Morgan fingerprint density at radius 2 is 2.11 bits per heavy atom. The molecule has 1 radical (unpaired) electrons. The van der Waals surface area contributed by atoms with Gasteiger partial charge in [-0.2, -0.15) is 0 Å². The maximum absolute atomic E-state index is 5.21. The second-order valence-electron chi connectivity index (χ2n) is 2.36. The zero-order valence-electron chi connectivity index (χ0n) is 6.26. The molecule has 1 nitrogen and oxygen atoms in total. The summed E-state index contributed by atoms with van der Waals surface area (Å²) in [7, 11) is 0. The summed E-state index contributed by atoms with van der Waals surface area (Å²) in [5, 5.41) is 0. The van der Waals surface area contributed by atoms with E-state index in [0.29, 0.717) is 5.92 Å². The van der Waals surface area contributed by atoms with Gasteiger partial charge in [0.1, 0.15) is 0 Å². The molecule has 0 saturated carbocycles. The van der Waals surface area contributed by atoms with Crippen molar-refractivity contribution in [2.45, 2.75) is 20.0 Å². The first-order valence-corrected chi connectivity index (χ1v) is 3.24. The highest BCUT2D eigenvalue weighted by Gasteiger charge is 1.97. The number of rotatable bonds is 4. The minimum absolute atomic E-state index is 0.0902. The molecule has 0 amide bonds. The molecule has 0 heterocycles. The Morgan fingerprint density at radius 3 is 2.44 bits per heavy atom. The van der Waals surface area contributed by atoms with Gasteiger partial charge >= 0.3 is 0 Å². The van der Waals surface area contributed by atoms with Crippen molar-refractivity contribution in [1.29, 1.82) is 0 Å². The summed E-state index contributed by atoms with van der Waals surface area (Å²) < 4.78 is 5.21. The Morgan fingerprint density at radius 1 is 1.56 bits per heavy atom. The second-order valence-corrected chi connectivity index (χ2v) is 2.36. The molecule has 0 spiro atoms. The molecule has 0 aromatic heterocycles. The lowest BCUT2D eigenvalue weighted by Crippen LogP contribution is -2.09. The molecule has 9 heavy (non-hydrogen) atoms. The molecule has 0 fully saturated rings. The van der Waals surface area contributed by atoms with Crippen molar-refractivity contribution in [1.82, 2.24) is 0 Å². The summed E-state index contributed by atoms with van der Waals surface area (Å²) in [4.78, 5) is 0. The average Bonchev–Trinajstić information content (AvgIpc) is 1.83. The molecule has 0 N–H and O–H groups in total. The molecule has 0 aromatic carbocycles. The van der Waals surface area contributed by atoms with Crippen molar-refractivity contribution < 1.29 is 4.74 Å². The van der Waals surface area contributed by atoms with Gasteiger partial charge in [0.05, 0.1) is 12.7 Å². The largest absolute Gasteiger partial charge is 0.378 e. The Bertz CT molecular complexity index is 76.6. The molecule has 0 saturated heterocycles. The third-order valence-corrected chi connectivity index (χ3v) is 1.05. The van der Waals surface area contributed by atoms with Crippen molar-refractivity contribution in [2.24, 2.45) is 5.92 Å². The summed E-state index contributed by atoms with van der Waals surface area (Å²) in [6, 6.07) is 0. The van der Waals surface area contributed by atoms with Crippen LogP contribution in [-0.4, -0.2) is 12.7 Å². The lowest BCUT2D eigenvalue weighted by atomic mass is 10.2.